The third-order valence-corrected chi connectivity index (χ3v) is 5.97. The smallest absolute Gasteiger partial charge is 0.166 e. The minimum absolute atomic E-state index is 0.0301. The number of benzene rings is 1. The van der Waals surface area contributed by atoms with E-state index < -0.39 is 0 Å². The summed E-state index contributed by atoms with van der Waals surface area (Å²) in [5, 5.41) is 10.3. The van der Waals surface area contributed by atoms with Crippen LogP contribution in [0, 0.1) is 0 Å². The maximum atomic E-state index is 10.3. The lowest BCUT2D eigenvalue weighted by atomic mass is 9.56. The monoisotopic (exact) mass is 281 g/mol. The molecular weight excluding hydrogens is 262 g/mol. The third kappa shape index (κ3) is 1.17. The summed E-state index contributed by atoms with van der Waals surface area (Å²) in [6.45, 7) is 3.24. The van der Waals surface area contributed by atoms with E-state index in [2.05, 4.69) is 37.1 Å². The number of allylic oxidation sites excluding steroid dienone is 2. The highest BCUT2D eigenvalue weighted by molar-refractivity contribution is 5.67. The van der Waals surface area contributed by atoms with E-state index in [-0.39, 0.29) is 11.5 Å². The van der Waals surface area contributed by atoms with Crippen molar-refractivity contribution in [1.82, 2.24) is 4.90 Å². The average Bonchev–Trinajstić information content (AvgIpc) is 2.83. The lowest BCUT2D eigenvalue weighted by Crippen LogP contribution is -2.58. The van der Waals surface area contributed by atoms with Gasteiger partial charge in [-0.05, 0) is 56.1 Å². The number of likely N-dealkylation sites (tertiary alicyclic amines) is 1. The maximum absolute atomic E-state index is 10.3. The van der Waals surface area contributed by atoms with Crippen LogP contribution >= 0.6 is 0 Å². The number of hydrogen-bond donors (Lipinski definition) is 1. The van der Waals surface area contributed by atoms with Crippen LogP contribution in [0.4, 0.5) is 0 Å². The van der Waals surface area contributed by atoms with Crippen molar-refractivity contribution < 1.29 is 9.84 Å². The van der Waals surface area contributed by atoms with Crippen molar-refractivity contribution in [3.8, 4) is 11.5 Å². The molecule has 2 bridgehead atoms. The summed E-state index contributed by atoms with van der Waals surface area (Å²) >= 11 is 0. The summed E-state index contributed by atoms with van der Waals surface area (Å²) in [6.07, 6.45) is 6.69. The van der Waals surface area contributed by atoms with E-state index in [1.54, 1.807) is 6.07 Å². The normalized spacial score (nSPS) is 35.7. The van der Waals surface area contributed by atoms with E-state index in [9.17, 15) is 5.11 Å². The number of rotatable bonds is 0. The molecule has 5 rings (SSSR count). The van der Waals surface area contributed by atoms with Crippen molar-refractivity contribution in [3.63, 3.8) is 0 Å². The molecule has 4 aliphatic rings. The zero-order chi connectivity index (χ0) is 14.4. The largest absolute Gasteiger partial charge is 0.504 e. The molecule has 0 amide bonds. The van der Waals surface area contributed by atoms with Crippen LogP contribution in [-0.2, 0) is 11.8 Å². The predicted octanol–water partition coefficient (Wildman–Crippen LogP) is 2.54. The van der Waals surface area contributed by atoms with E-state index in [0.29, 0.717) is 11.8 Å². The minimum atomic E-state index is -0.0301. The Bertz CT molecular complexity index is 733. The molecule has 0 aromatic heterocycles. The number of ether oxygens (including phenoxy) is 1. The molecule has 3 heteroatoms. The van der Waals surface area contributed by atoms with Gasteiger partial charge in [-0.3, -0.25) is 4.90 Å². The quantitative estimate of drug-likeness (QED) is 0.793. The average molecular weight is 281 g/mol. The van der Waals surface area contributed by atoms with Gasteiger partial charge in [0, 0.05) is 11.6 Å². The van der Waals surface area contributed by atoms with Crippen LogP contribution in [0.25, 0.3) is 0 Å². The Morgan fingerprint density at radius 1 is 1.33 bits per heavy atom. The minimum Gasteiger partial charge on any atom is -0.504 e. The van der Waals surface area contributed by atoms with Gasteiger partial charge < -0.3 is 9.84 Å². The SMILES string of the molecule is CC1=CC=C2C3Cc4ccc(O)c5c4[C@@]2(CCN3C)C1O5. The molecule has 1 saturated heterocycles. The number of hydrogen-bond acceptors (Lipinski definition) is 3. The van der Waals surface area contributed by atoms with Crippen molar-refractivity contribution in [3.05, 3.63) is 46.6 Å². The molecular formula is C18H19NO2. The second-order valence-electron chi connectivity index (χ2n) is 6.90. The Morgan fingerprint density at radius 3 is 3.05 bits per heavy atom. The van der Waals surface area contributed by atoms with Gasteiger partial charge in [0.1, 0.15) is 6.10 Å². The number of phenolic OH excluding ortho intramolecular Hbond substituents is 1. The van der Waals surface area contributed by atoms with E-state index in [1.165, 1.54) is 22.3 Å². The van der Waals surface area contributed by atoms with Crippen molar-refractivity contribution in [2.75, 3.05) is 13.6 Å². The number of likely N-dealkylation sites (N-methyl/N-ethyl adjacent to an activating group) is 1. The van der Waals surface area contributed by atoms with Crippen LogP contribution in [0.5, 0.6) is 11.5 Å². The first kappa shape index (κ1) is 11.9. The van der Waals surface area contributed by atoms with Crippen LogP contribution in [0.15, 0.2) is 35.4 Å². The third-order valence-electron chi connectivity index (χ3n) is 5.97. The Labute approximate surface area is 124 Å². The lowest BCUT2D eigenvalue weighted by Gasteiger charge is -2.53. The molecule has 21 heavy (non-hydrogen) atoms. The molecule has 108 valence electrons. The molecule has 1 fully saturated rings. The Hall–Kier alpha value is -1.74. The van der Waals surface area contributed by atoms with Crippen molar-refractivity contribution in [2.45, 2.75) is 37.3 Å². The van der Waals surface area contributed by atoms with Crippen LogP contribution < -0.4 is 4.74 Å². The standard InChI is InChI=1S/C18H19NO2/c1-10-3-5-12-13-9-11-4-6-14(20)16-15(11)18(12,17(10)21-16)7-8-19(13)2/h3-6,13,17,20H,7-9H2,1-2H3/t13?,17?,18-/m0/s1. The number of phenols is 1. The van der Waals surface area contributed by atoms with Gasteiger partial charge in [-0.1, -0.05) is 18.2 Å². The first-order valence-corrected chi connectivity index (χ1v) is 7.74. The van der Waals surface area contributed by atoms with Crippen molar-refractivity contribution >= 4 is 0 Å². The van der Waals surface area contributed by atoms with E-state index in [4.69, 9.17) is 4.74 Å². The molecule has 1 aromatic rings. The van der Waals surface area contributed by atoms with Gasteiger partial charge in [-0.15, -0.1) is 0 Å². The summed E-state index contributed by atoms with van der Waals surface area (Å²) < 4.78 is 6.28. The molecule has 3 nitrogen and oxygen atoms in total. The molecule has 2 aliphatic carbocycles. The summed E-state index contributed by atoms with van der Waals surface area (Å²) in [7, 11) is 2.22. The van der Waals surface area contributed by atoms with Crippen LogP contribution in [0.1, 0.15) is 24.5 Å². The lowest BCUT2D eigenvalue weighted by molar-refractivity contribution is 0.111. The van der Waals surface area contributed by atoms with E-state index in [1.807, 2.05) is 0 Å². The molecule has 2 heterocycles. The highest BCUT2D eigenvalue weighted by atomic mass is 16.5. The summed E-state index contributed by atoms with van der Waals surface area (Å²) in [4.78, 5) is 2.47. The summed E-state index contributed by atoms with van der Waals surface area (Å²) in [5.74, 6) is 1.03. The summed E-state index contributed by atoms with van der Waals surface area (Å²) in [5.41, 5.74) is 5.36. The van der Waals surface area contributed by atoms with Gasteiger partial charge in [0.2, 0.25) is 0 Å². The van der Waals surface area contributed by atoms with Crippen LogP contribution in [0.3, 0.4) is 0 Å². The van der Waals surface area contributed by atoms with Crippen molar-refractivity contribution in [1.29, 1.82) is 0 Å². The molecule has 0 saturated carbocycles. The van der Waals surface area contributed by atoms with Gasteiger partial charge in [-0.2, -0.15) is 0 Å². The highest BCUT2D eigenvalue weighted by Crippen LogP contribution is 2.62. The van der Waals surface area contributed by atoms with Gasteiger partial charge in [0.15, 0.2) is 11.5 Å². The second-order valence-corrected chi connectivity index (χ2v) is 6.90. The second kappa shape index (κ2) is 3.53. The van der Waals surface area contributed by atoms with E-state index >= 15 is 0 Å². The molecule has 1 N–H and O–H groups in total. The van der Waals surface area contributed by atoms with Crippen molar-refractivity contribution in [2.24, 2.45) is 0 Å². The van der Waals surface area contributed by atoms with Crippen LogP contribution in [0.2, 0.25) is 0 Å². The fraction of sp³-hybridized carbons (Fsp3) is 0.444. The Kier molecular flexibility index (Phi) is 1.99. The summed E-state index contributed by atoms with van der Waals surface area (Å²) in [6, 6.07) is 4.36. The Morgan fingerprint density at radius 2 is 2.19 bits per heavy atom. The first-order valence-electron chi connectivity index (χ1n) is 7.74. The molecule has 0 radical (unpaired) electrons. The molecule has 2 unspecified atom stereocenters. The number of nitrogens with zero attached hydrogens (tertiary/aromatic N) is 1. The zero-order valence-electron chi connectivity index (χ0n) is 12.4. The Balaban J connectivity index is 1.89. The molecule has 1 spiro atoms. The predicted molar refractivity (Wildman–Crippen MR) is 80.8 cm³/mol. The van der Waals surface area contributed by atoms with Gasteiger partial charge in [-0.25, -0.2) is 0 Å². The fourth-order valence-electron chi connectivity index (χ4n) is 5.00. The molecule has 3 atom stereocenters. The number of aromatic hydroxyl groups is 1. The van der Waals surface area contributed by atoms with Gasteiger partial charge in [0.05, 0.1) is 5.41 Å². The van der Waals surface area contributed by atoms with Gasteiger partial charge in [0.25, 0.3) is 0 Å². The number of piperidine rings is 1. The fourth-order valence-corrected chi connectivity index (χ4v) is 5.00. The first-order chi connectivity index (χ1) is 10.1. The maximum Gasteiger partial charge on any atom is 0.166 e. The van der Waals surface area contributed by atoms with E-state index in [0.717, 1.165) is 25.1 Å². The molecule has 1 aromatic carbocycles. The van der Waals surface area contributed by atoms with Crippen LogP contribution in [-0.4, -0.2) is 35.7 Å². The van der Waals surface area contributed by atoms with Gasteiger partial charge >= 0.3 is 0 Å². The zero-order valence-corrected chi connectivity index (χ0v) is 12.4. The molecule has 2 aliphatic heterocycles. The highest BCUT2D eigenvalue weighted by Gasteiger charge is 2.60. The topological polar surface area (TPSA) is 32.7 Å².